The first-order valence-electron chi connectivity index (χ1n) is 6.89. The summed E-state index contributed by atoms with van der Waals surface area (Å²) in [5.41, 5.74) is 4.36. The molecule has 1 N–H and O–H groups in total. The van der Waals surface area contributed by atoms with Gasteiger partial charge in [0, 0.05) is 6.54 Å². The minimum atomic E-state index is -0.250. The number of nitrogens with one attached hydrogen (secondary N) is 1. The number of hydrogen-bond donors (Lipinski definition) is 1. The summed E-state index contributed by atoms with van der Waals surface area (Å²) < 4.78 is 5.20. The van der Waals surface area contributed by atoms with E-state index in [2.05, 4.69) is 38.2 Å². The van der Waals surface area contributed by atoms with Crippen molar-refractivity contribution in [3.05, 3.63) is 23.3 Å². The van der Waals surface area contributed by atoms with Crippen molar-refractivity contribution in [3.63, 3.8) is 0 Å². The molecule has 2 rings (SSSR count). The summed E-state index contributed by atoms with van der Waals surface area (Å²) in [6.45, 7) is 9.24. The van der Waals surface area contributed by atoms with Gasteiger partial charge in [-0.15, -0.1) is 0 Å². The van der Waals surface area contributed by atoms with Gasteiger partial charge in [-0.1, -0.05) is 6.92 Å². The zero-order valence-electron chi connectivity index (χ0n) is 12.1. The average Bonchev–Trinajstić information content (AvgIpc) is 2.39. The molecule has 104 valence electrons. The molecule has 1 aromatic rings. The molecular weight excluding hydrogens is 240 g/mol. The highest BCUT2D eigenvalue weighted by atomic mass is 16.6. The van der Waals surface area contributed by atoms with Crippen molar-refractivity contribution >= 4 is 17.5 Å². The Bertz CT molecular complexity index is 485. The van der Waals surface area contributed by atoms with E-state index in [4.69, 9.17) is 4.74 Å². The van der Waals surface area contributed by atoms with Gasteiger partial charge >= 0.3 is 6.09 Å². The van der Waals surface area contributed by atoms with E-state index in [-0.39, 0.29) is 12.1 Å². The summed E-state index contributed by atoms with van der Waals surface area (Å²) in [6, 6.07) is 4.31. The van der Waals surface area contributed by atoms with Gasteiger partial charge in [-0.05, 0) is 50.5 Å². The first-order valence-corrected chi connectivity index (χ1v) is 6.89. The molecule has 0 saturated carbocycles. The summed E-state index contributed by atoms with van der Waals surface area (Å²) in [7, 11) is 0. The van der Waals surface area contributed by atoms with Crippen molar-refractivity contribution in [2.75, 3.05) is 23.4 Å². The van der Waals surface area contributed by atoms with Crippen molar-refractivity contribution in [1.29, 1.82) is 0 Å². The lowest BCUT2D eigenvalue weighted by Crippen LogP contribution is -2.47. The van der Waals surface area contributed by atoms with Gasteiger partial charge in [0.05, 0.1) is 24.0 Å². The molecule has 1 aliphatic heterocycles. The first-order chi connectivity index (χ1) is 9.08. The Morgan fingerprint density at radius 2 is 2.05 bits per heavy atom. The second-order valence-corrected chi connectivity index (χ2v) is 4.97. The van der Waals surface area contributed by atoms with Crippen LogP contribution < -0.4 is 10.2 Å². The number of carbonyl (C=O) groups is 1. The molecule has 1 aromatic carbocycles. The molecule has 0 aliphatic carbocycles. The van der Waals surface area contributed by atoms with Crippen LogP contribution in [-0.2, 0) is 4.74 Å². The van der Waals surface area contributed by atoms with Gasteiger partial charge in [0.25, 0.3) is 0 Å². The van der Waals surface area contributed by atoms with Crippen LogP contribution in [0.15, 0.2) is 12.1 Å². The van der Waals surface area contributed by atoms with Crippen molar-refractivity contribution in [2.24, 2.45) is 0 Å². The summed E-state index contributed by atoms with van der Waals surface area (Å²) in [5, 5.41) is 3.41. The average molecular weight is 262 g/mol. The number of benzene rings is 1. The number of carbonyl (C=O) groups excluding carboxylic acids is 1. The summed E-state index contributed by atoms with van der Waals surface area (Å²) in [4.78, 5) is 14.0. The zero-order chi connectivity index (χ0) is 14.0. The van der Waals surface area contributed by atoms with Gasteiger partial charge in [0.1, 0.15) is 0 Å². The highest BCUT2D eigenvalue weighted by molar-refractivity contribution is 5.94. The highest BCUT2D eigenvalue weighted by Gasteiger charge is 2.31. The predicted molar refractivity (Wildman–Crippen MR) is 78.0 cm³/mol. The Morgan fingerprint density at radius 1 is 1.37 bits per heavy atom. The van der Waals surface area contributed by atoms with Crippen LogP contribution in [0.2, 0.25) is 0 Å². The Kier molecular flexibility index (Phi) is 3.98. The van der Waals surface area contributed by atoms with Crippen LogP contribution in [0, 0.1) is 13.8 Å². The van der Waals surface area contributed by atoms with Crippen molar-refractivity contribution in [2.45, 2.75) is 40.2 Å². The standard InChI is InChI=1S/C15H22N2O2/c1-5-12-9-16-13-7-10(3)11(4)8-14(13)17(12)15(18)19-6-2/h7-8,12,16H,5-6,9H2,1-4H3/t12-/m0/s1. The van der Waals surface area contributed by atoms with E-state index in [9.17, 15) is 4.79 Å². The number of anilines is 2. The first kappa shape index (κ1) is 13.7. The van der Waals surface area contributed by atoms with Crippen LogP contribution in [-0.4, -0.2) is 25.3 Å². The third-order valence-electron chi connectivity index (χ3n) is 3.70. The van der Waals surface area contributed by atoms with Crippen LogP contribution in [0.4, 0.5) is 16.2 Å². The van der Waals surface area contributed by atoms with Crippen molar-refractivity contribution in [1.82, 2.24) is 0 Å². The monoisotopic (exact) mass is 262 g/mol. The Labute approximate surface area is 114 Å². The molecule has 4 heteroatoms. The maximum Gasteiger partial charge on any atom is 0.414 e. The van der Waals surface area contributed by atoms with Gasteiger partial charge in [-0.3, -0.25) is 4.90 Å². The van der Waals surface area contributed by atoms with Crippen LogP contribution >= 0.6 is 0 Å². The lowest BCUT2D eigenvalue weighted by molar-refractivity contribution is 0.157. The van der Waals surface area contributed by atoms with E-state index in [1.54, 1.807) is 4.90 Å². The highest BCUT2D eigenvalue weighted by Crippen LogP contribution is 2.35. The lowest BCUT2D eigenvalue weighted by Gasteiger charge is -2.37. The molecule has 0 unspecified atom stereocenters. The van der Waals surface area contributed by atoms with Crippen LogP contribution in [0.5, 0.6) is 0 Å². The summed E-state index contributed by atoms with van der Waals surface area (Å²) in [5.74, 6) is 0. The van der Waals surface area contributed by atoms with Gasteiger partial charge in [-0.2, -0.15) is 0 Å². The molecule has 1 amide bonds. The van der Waals surface area contributed by atoms with Gasteiger partial charge < -0.3 is 10.1 Å². The van der Waals surface area contributed by atoms with E-state index >= 15 is 0 Å². The fourth-order valence-electron chi connectivity index (χ4n) is 2.42. The molecule has 4 nitrogen and oxygen atoms in total. The van der Waals surface area contributed by atoms with E-state index in [0.29, 0.717) is 6.61 Å². The predicted octanol–water partition coefficient (Wildman–Crippen LogP) is 3.47. The van der Waals surface area contributed by atoms with E-state index in [0.717, 1.165) is 24.3 Å². The third kappa shape index (κ3) is 2.53. The summed E-state index contributed by atoms with van der Waals surface area (Å²) in [6.07, 6.45) is 0.651. The molecule has 0 aromatic heterocycles. The fraction of sp³-hybridized carbons (Fsp3) is 0.533. The topological polar surface area (TPSA) is 41.6 Å². The van der Waals surface area contributed by atoms with Crippen LogP contribution in [0.25, 0.3) is 0 Å². The van der Waals surface area contributed by atoms with E-state index in [1.807, 2.05) is 6.92 Å². The molecule has 1 atom stereocenters. The van der Waals surface area contributed by atoms with Crippen LogP contribution in [0.1, 0.15) is 31.4 Å². The molecule has 0 saturated heterocycles. The third-order valence-corrected chi connectivity index (χ3v) is 3.70. The molecule has 0 fully saturated rings. The largest absolute Gasteiger partial charge is 0.449 e. The number of aryl methyl sites for hydroxylation is 2. The Hall–Kier alpha value is -1.71. The van der Waals surface area contributed by atoms with Gasteiger partial charge in [-0.25, -0.2) is 4.79 Å². The number of fused-ring (bicyclic) bond motifs is 1. The second kappa shape index (κ2) is 5.51. The van der Waals surface area contributed by atoms with Crippen molar-refractivity contribution < 1.29 is 9.53 Å². The quantitative estimate of drug-likeness (QED) is 0.887. The van der Waals surface area contributed by atoms with Gasteiger partial charge in [0.15, 0.2) is 0 Å². The Morgan fingerprint density at radius 3 is 2.68 bits per heavy atom. The number of rotatable bonds is 2. The smallest absolute Gasteiger partial charge is 0.414 e. The maximum atomic E-state index is 12.2. The molecule has 1 aliphatic rings. The minimum Gasteiger partial charge on any atom is -0.449 e. The van der Waals surface area contributed by atoms with Gasteiger partial charge in [0.2, 0.25) is 0 Å². The molecule has 19 heavy (non-hydrogen) atoms. The number of nitrogens with zero attached hydrogens (tertiary/aromatic N) is 1. The minimum absolute atomic E-state index is 0.147. The fourth-order valence-corrected chi connectivity index (χ4v) is 2.42. The molecule has 0 bridgehead atoms. The normalized spacial score (nSPS) is 17.7. The number of hydrogen-bond acceptors (Lipinski definition) is 3. The molecular formula is C15H22N2O2. The Balaban J connectivity index is 2.44. The van der Waals surface area contributed by atoms with Crippen LogP contribution in [0.3, 0.4) is 0 Å². The number of amides is 1. The zero-order valence-corrected chi connectivity index (χ0v) is 12.1. The number of ether oxygens (including phenoxy) is 1. The summed E-state index contributed by atoms with van der Waals surface area (Å²) >= 11 is 0. The molecule has 0 spiro atoms. The van der Waals surface area contributed by atoms with Crippen molar-refractivity contribution in [3.8, 4) is 0 Å². The molecule has 1 heterocycles. The SMILES string of the molecule is CCOC(=O)N1c2cc(C)c(C)cc2NC[C@@H]1CC. The lowest BCUT2D eigenvalue weighted by atomic mass is 10.0. The molecule has 0 radical (unpaired) electrons. The van der Waals surface area contributed by atoms with E-state index in [1.165, 1.54) is 11.1 Å². The van der Waals surface area contributed by atoms with E-state index < -0.39 is 0 Å². The maximum absolute atomic E-state index is 12.2. The second-order valence-electron chi connectivity index (χ2n) is 4.97.